The van der Waals surface area contributed by atoms with Crippen molar-refractivity contribution in [2.24, 2.45) is 0 Å². The van der Waals surface area contributed by atoms with E-state index < -0.39 is 29.6 Å². The SMILES string of the molecule is COC(=O)Cc1ccc(F)c(-c2ccc(C(F)(F)F)cc2CN(C)C(=O)OCc2ccccc2)c1. The van der Waals surface area contributed by atoms with E-state index in [0.29, 0.717) is 5.56 Å². The zero-order valence-corrected chi connectivity index (χ0v) is 19.1. The van der Waals surface area contributed by atoms with Crippen LogP contribution in [0.5, 0.6) is 0 Å². The van der Waals surface area contributed by atoms with Crippen LogP contribution in [0.1, 0.15) is 22.3 Å². The van der Waals surface area contributed by atoms with Crippen LogP contribution in [0.25, 0.3) is 11.1 Å². The molecule has 0 aliphatic carbocycles. The second kappa shape index (κ2) is 11.0. The molecule has 35 heavy (non-hydrogen) atoms. The van der Waals surface area contributed by atoms with Gasteiger partial charge in [-0.1, -0.05) is 42.5 Å². The molecule has 0 aliphatic rings. The van der Waals surface area contributed by atoms with Crippen LogP contribution in [0.2, 0.25) is 0 Å². The topological polar surface area (TPSA) is 55.8 Å². The molecule has 3 rings (SSSR count). The summed E-state index contributed by atoms with van der Waals surface area (Å²) in [7, 11) is 2.59. The van der Waals surface area contributed by atoms with Gasteiger partial charge in [-0.2, -0.15) is 13.2 Å². The van der Waals surface area contributed by atoms with E-state index in [4.69, 9.17) is 4.74 Å². The van der Waals surface area contributed by atoms with Crippen LogP contribution >= 0.6 is 0 Å². The molecule has 0 fully saturated rings. The van der Waals surface area contributed by atoms with Crippen LogP contribution in [-0.4, -0.2) is 31.1 Å². The molecule has 1 amide bonds. The van der Waals surface area contributed by atoms with Crippen LogP contribution in [0, 0.1) is 5.82 Å². The maximum absolute atomic E-state index is 14.7. The molecule has 0 heterocycles. The maximum Gasteiger partial charge on any atom is 0.416 e. The van der Waals surface area contributed by atoms with E-state index in [-0.39, 0.29) is 36.3 Å². The number of rotatable bonds is 7. The molecule has 0 aliphatic heterocycles. The largest absolute Gasteiger partial charge is 0.469 e. The van der Waals surface area contributed by atoms with Gasteiger partial charge in [-0.15, -0.1) is 0 Å². The van der Waals surface area contributed by atoms with E-state index in [2.05, 4.69) is 4.74 Å². The standard InChI is InChI=1S/C26H23F4NO4/c1-31(25(33)35-16-17-6-4-3-5-7-17)15-19-14-20(26(28,29)30)9-10-21(19)22-12-18(8-11-23(22)27)13-24(32)34-2/h3-12,14H,13,15-16H2,1-2H3. The van der Waals surface area contributed by atoms with Crippen LogP contribution in [-0.2, 0) is 40.0 Å². The summed E-state index contributed by atoms with van der Waals surface area (Å²) in [4.78, 5) is 25.2. The molecule has 0 atom stereocenters. The fraction of sp³-hybridized carbons (Fsp3) is 0.231. The van der Waals surface area contributed by atoms with Crippen molar-refractivity contribution in [1.82, 2.24) is 4.90 Å². The molecule has 0 bridgehead atoms. The Morgan fingerprint density at radius 3 is 2.29 bits per heavy atom. The Bertz CT molecular complexity index is 1200. The Balaban J connectivity index is 1.92. The lowest BCUT2D eigenvalue weighted by atomic mass is 9.94. The predicted molar refractivity (Wildman–Crippen MR) is 121 cm³/mol. The number of benzene rings is 3. The minimum Gasteiger partial charge on any atom is -0.469 e. The molecule has 0 aromatic heterocycles. The van der Waals surface area contributed by atoms with Gasteiger partial charge in [0.1, 0.15) is 12.4 Å². The van der Waals surface area contributed by atoms with Crippen LogP contribution < -0.4 is 0 Å². The Morgan fingerprint density at radius 2 is 1.63 bits per heavy atom. The van der Waals surface area contributed by atoms with E-state index in [1.807, 2.05) is 6.07 Å². The minimum absolute atomic E-state index is 0.00109. The number of nitrogens with zero attached hydrogens (tertiary/aromatic N) is 1. The molecule has 0 spiro atoms. The quantitative estimate of drug-likeness (QED) is 0.302. The van der Waals surface area contributed by atoms with Crippen LogP contribution in [0.15, 0.2) is 66.7 Å². The van der Waals surface area contributed by atoms with Crippen LogP contribution in [0.4, 0.5) is 22.4 Å². The molecular formula is C26H23F4NO4. The van der Waals surface area contributed by atoms with Crippen molar-refractivity contribution in [3.63, 3.8) is 0 Å². The highest BCUT2D eigenvalue weighted by Crippen LogP contribution is 2.35. The maximum atomic E-state index is 14.7. The summed E-state index contributed by atoms with van der Waals surface area (Å²) in [6.07, 6.45) is -5.52. The molecule has 0 saturated heterocycles. The van der Waals surface area contributed by atoms with Gasteiger partial charge in [0.15, 0.2) is 0 Å². The lowest BCUT2D eigenvalue weighted by Gasteiger charge is -2.21. The first kappa shape index (κ1) is 25.7. The molecule has 0 radical (unpaired) electrons. The lowest BCUT2D eigenvalue weighted by molar-refractivity contribution is -0.140. The number of ether oxygens (including phenoxy) is 2. The summed E-state index contributed by atoms with van der Waals surface area (Å²) in [5, 5.41) is 0. The van der Waals surface area contributed by atoms with E-state index in [1.165, 1.54) is 26.3 Å². The molecule has 5 nitrogen and oxygen atoms in total. The van der Waals surface area contributed by atoms with Gasteiger partial charge in [-0.05, 0) is 46.5 Å². The Kier molecular flexibility index (Phi) is 8.11. The lowest BCUT2D eigenvalue weighted by Crippen LogP contribution is -2.27. The van der Waals surface area contributed by atoms with E-state index in [9.17, 15) is 27.2 Å². The number of carbonyl (C=O) groups excluding carboxylic acids is 2. The highest BCUT2D eigenvalue weighted by Gasteiger charge is 2.31. The van der Waals surface area contributed by atoms with Crippen molar-refractivity contribution in [2.45, 2.75) is 25.7 Å². The second-order valence-corrected chi connectivity index (χ2v) is 7.83. The molecule has 3 aromatic rings. The number of halogens is 4. The molecule has 0 saturated carbocycles. The first-order chi connectivity index (χ1) is 16.6. The van der Waals surface area contributed by atoms with Gasteiger partial charge in [-0.25, -0.2) is 9.18 Å². The third-order valence-corrected chi connectivity index (χ3v) is 5.25. The average Bonchev–Trinajstić information content (AvgIpc) is 2.83. The number of alkyl halides is 3. The normalized spacial score (nSPS) is 11.1. The number of carbonyl (C=O) groups is 2. The highest BCUT2D eigenvalue weighted by molar-refractivity contribution is 5.75. The molecular weight excluding hydrogens is 466 g/mol. The van der Waals surface area contributed by atoms with Crippen molar-refractivity contribution in [1.29, 1.82) is 0 Å². The number of amides is 1. The molecule has 9 heteroatoms. The van der Waals surface area contributed by atoms with Crippen molar-refractivity contribution in [3.8, 4) is 11.1 Å². The Labute approximate surface area is 199 Å². The summed E-state index contributed by atoms with van der Waals surface area (Å²) in [5.74, 6) is -1.23. The summed E-state index contributed by atoms with van der Waals surface area (Å²) in [5.41, 5.74) is 0.459. The smallest absolute Gasteiger partial charge is 0.416 e. The number of hydrogen-bond acceptors (Lipinski definition) is 4. The van der Waals surface area contributed by atoms with Crippen molar-refractivity contribution >= 4 is 12.1 Å². The first-order valence-corrected chi connectivity index (χ1v) is 10.6. The summed E-state index contributed by atoms with van der Waals surface area (Å²) >= 11 is 0. The average molecular weight is 489 g/mol. The summed E-state index contributed by atoms with van der Waals surface area (Å²) in [6.45, 7) is -0.281. The summed E-state index contributed by atoms with van der Waals surface area (Å²) in [6, 6.07) is 15.7. The number of hydrogen-bond donors (Lipinski definition) is 0. The van der Waals surface area contributed by atoms with Gasteiger partial charge >= 0.3 is 18.2 Å². The zero-order chi connectivity index (χ0) is 25.6. The van der Waals surface area contributed by atoms with Crippen molar-refractivity contribution in [3.05, 3.63) is 94.8 Å². The van der Waals surface area contributed by atoms with Gasteiger partial charge < -0.3 is 14.4 Å². The van der Waals surface area contributed by atoms with Gasteiger partial charge in [0.05, 0.1) is 19.1 Å². The third-order valence-electron chi connectivity index (χ3n) is 5.25. The molecule has 0 N–H and O–H groups in total. The van der Waals surface area contributed by atoms with Crippen molar-refractivity contribution in [2.75, 3.05) is 14.2 Å². The molecule has 3 aromatic carbocycles. The van der Waals surface area contributed by atoms with Gasteiger partial charge in [-0.3, -0.25) is 4.79 Å². The fourth-order valence-electron chi connectivity index (χ4n) is 3.44. The highest BCUT2D eigenvalue weighted by atomic mass is 19.4. The third kappa shape index (κ3) is 6.81. The number of esters is 1. The van der Waals surface area contributed by atoms with Crippen molar-refractivity contribution < 1.29 is 36.6 Å². The monoisotopic (exact) mass is 489 g/mol. The molecule has 0 unspecified atom stereocenters. The Morgan fingerprint density at radius 1 is 0.914 bits per heavy atom. The van der Waals surface area contributed by atoms with E-state index in [0.717, 1.165) is 34.7 Å². The van der Waals surface area contributed by atoms with E-state index >= 15 is 0 Å². The van der Waals surface area contributed by atoms with Gasteiger partial charge in [0.25, 0.3) is 0 Å². The van der Waals surface area contributed by atoms with Gasteiger partial charge in [0.2, 0.25) is 0 Å². The summed E-state index contributed by atoms with van der Waals surface area (Å²) < 4.78 is 64.8. The fourth-order valence-corrected chi connectivity index (χ4v) is 3.44. The van der Waals surface area contributed by atoms with Crippen LogP contribution in [0.3, 0.4) is 0 Å². The van der Waals surface area contributed by atoms with Gasteiger partial charge in [0, 0.05) is 19.2 Å². The second-order valence-electron chi connectivity index (χ2n) is 7.83. The Hall–Kier alpha value is -3.88. The molecule has 184 valence electrons. The minimum atomic E-state index is -4.63. The first-order valence-electron chi connectivity index (χ1n) is 10.6. The predicted octanol–water partition coefficient (Wildman–Crippen LogP) is 6.00. The number of methoxy groups -OCH3 is 1. The van der Waals surface area contributed by atoms with E-state index in [1.54, 1.807) is 24.3 Å². The zero-order valence-electron chi connectivity index (χ0n) is 19.1.